The van der Waals surface area contributed by atoms with E-state index in [1.165, 1.54) is 6.07 Å². The summed E-state index contributed by atoms with van der Waals surface area (Å²) in [6, 6.07) is 8.97. The molecule has 0 saturated carbocycles. The summed E-state index contributed by atoms with van der Waals surface area (Å²) in [7, 11) is 0. The Balaban J connectivity index is 2.14. The number of nitrogens with one attached hydrogen (secondary N) is 1. The maximum absolute atomic E-state index is 13.5. The van der Waals surface area contributed by atoms with Crippen molar-refractivity contribution in [3.05, 3.63) is 58.6 Å². The van der Waals surface area contributed by atoms with E-state index in [0.717, 1.165) is 17.8 Å². The summed E-state index contributed by atoms with van der Waals surface area (Å²) in [6.45, 7) is 7.73. The summed E-state index contributed by atoms with van der Waals surface area (Å²) in [5.74, 6) is -0.370. The van der Waals surface area contributed by atoms with E-state index < -0.39 is 0 Å². The highest BCUT2D eigenvalue weighted by molar-refractivity contribution is 6.31. The molecular weight excluding hydrogens is 275 g/mol. The van der Waals surface area contributed by atoms with Crippen molar-refractivity contribution in [2.45, 2.75) is 39.4 Å². The first-order valence-corrected chi connectivity index (χ1v) is 7.06. The highest BCUT2D eigenvalue weighted by atomic mass is 35.5. The fourth-order valence-electron chi connectivity index (χ4n) is 1.97. The van der Waals surface area contributed by atoms with Gasteiger partial charge in [-0.2, -0.15) is 0 Å². The van der Waals surface area contributed by atoms with Crippen LogP contribution in [0.25, 0.3) is 0 Å². The van der Waals surface area contributed by atoms with E-state index in [1.807, 2.05) is 18.3 Å². The Morgan fingerprint density at radius 2 is 1.95 bits per heavy atom. The third-order valence-corrected chi connectivity index (χ3v) is 3.52. The molecule has 1 heterocycles. The van der Waals surface area contributed by atoms with Gasteiger partial charge in [0.2, 0.25) is 0 Å². The molecule has 4 heteroatoms. The lowest BCUT2D eigenvalue weighted by atomic mass is 10.1. The van der Waals surface area contributed by atoms with Gasteiger partial charge in [-0.3, -0.25) is 0 Å². The van der Waals surface area contributed by atoms with Gasteiger partial charge in [0.15, 0.2) is 0 Å². The zero-order valence-electron chi connectivity index (χ0n) is 12.1. The minimum Gasteiger partial charge on any atom is -0.346 e. The predicted octanol–water partition coefficient (Wildman–Crippen LogP) is 4.22. The van der Waals surface area contributed by atoms with Crippen molar-refractivity contribution in [1.29, 1.82) is 0 Å². The third kappa shape index (κ3) is 3.84. The summed E-state index contributed by atoms with van der Waals surface area (Å²) >= 11 is 6.01. The minimum absolute atomic E-state index is 0.0611. The van der Waals surface area contributed by atoms with Crippen LogP contribution in [0.4, 0.5) is 4.39 Å². The molecule has 0 aliphatic rings. The van der Waals surface area contributed by atoms with Crippen molar-refractivity contribution in [2.75, 3.05) is 0 Å². The summed E-state index contributed by atoms with van der Waals surface area (Å²) < 4.78 is 15.5. The van der Waals surface area contributed by atoms with E-state index in [-0.39, 0.29) is 16.4 Å². The van der Waals surface area contributed by atoms with Crippen LogP contribution < -0.4 is 5.32 Å². The van der Waals surface area contributed by atoms with Crippen molar-refractivity contribution >= 4 is 11.6 Å². The lowest BCUT2D eigenvalue weighted by molar-refractivity contribution is 0.417. The predicted molar refractivity (Wildman–Crippen MR) is 81.5 cm³/mol. The lowest BCUT2D eigenvalue weighted by Gasteiger charge is -2.21. The fourth-order valence-corrected chi connectivity index (χ4v) is 2.16. The number of rotatable bonds is 4. The summed E-state index contributed by atoms with van der Waals surface area (Å²) in [5, 5.41) is 3.65. The molecule has 0 amide bonds. The molecule has 2 nitrogen and oxygen atoms in total. The molecule has 20 heavy (non-hydrogen) atoms. The van der Waals surface area contributed by atoms with Gasteiger partial charge in [-0.1, -0.05) is 23.7 Å². The fraction of sp³-hybridized carbons (Fsp3) is 0.375. The minimum atomic E-state index is -0.370. The van der Waals surface area contributed by atoms with E-state index in [9.17, 15) is 4.39 Å². The molecule has 1 aromatic heterocycles. The Morgan fingerprint density at radius 1 is 1.20 bits per heavy atom. The molecule has 1 aromatic carbocycles. The second-order valence-corrected chi connectivity index (χ2v) is 6.32. The van der Waals surface area contributed by atoms with E-state index in [1.54, 1.807) is 6.07 Å². The molecule has 2 rings (SSSR count). The Hall–Kier alpha value is -1.32. The number of hydrogen-bond donors (Lipinski definition) is 1. The van der Waals surface area contributed by atoms with Gasteiger partial charge in [0, 0.05) is 30.5 Å². The topological polar surface area (TPSA) is 17.0 Å². The van der Waals surface area contributed by atoms with Crippen LogP contribution in [0.3, 0.4) is 0 Å². The van der Waals surface area contributed by atoms with Gasteiger partial charge in [0.05, 0.1) is 5.02 Å². The number of aromatic nitrogens is 1. The number of nitrogens with zero attached hydrogens (tertiary/aromatic N) is 1. The Labute approximate surface area is 124 Å². The Morgan fingerprint density at radius 3 is 2.65 bits per heavy atom. The highest BCUT2D eigenvalue weighted by Crippen LogP contribution is 2.21. The first-order chi connectivity index (χ1) is 9.37. The van der Waals surface area contributed by atoms with Crippen LogP contribution in [0.2, 0.25) is 5.02 Å². The molecule has 0 bridgehead atoms. The molecule has 2 aromatic rings. The van der Waals surface area contributed by atoms with E-state index in [4.69, 9.17) is 11.6 Å². The SMILES string of the molecule is CC(C)(C)NCc1cccn1Cc1cccc(F)c1Cl. The molecule has 0 unspecified atom stereocenters. The normalized spacial score (nSPS) is 11.8. The van der Waals surface area contributed by atoms with Crippen LogP contribution in [0.15, 0.2) is 36.5 Å². The average molecular weight is 295 g/mol. The zero-order chi connectivity index (χ0) is 14.8. The quantitative estimate of drug-likeness (QED) is 0.893. The van der Waals surface area contributed by atoms with Crippen LogP contribution in [0, 0.1) is 5.82 Å². The molecule has 0 aliphatic carbocycles. The molecule has 108 valence electrons. The maximum atomic E-state index is 13.5. The van der Waals surface area contributed by atoms with Gasteiger partial charge in [0.25, 0.3) is 0 Å². The van der Waals surface area contributed by atoms with Crippen molar-refractivity contribution in [3.63, 3.8) is 0 Å². The molecule has 1 N–H and O–H groups in total. The van der Waals surface area contributed by atoms with Crippen LogP contribution >= 0.6 is 11.6 Å². The zero-order valence-corrected chi connectivity index (χ0v) is 12.8. The van der Waals surface area contributed by atoms with E-state index in [2.05, 4.69) is 36.7 Å². The molecule has 0 radical (unpaired) electrons. The molecule has 0 spiro atoms. The van der Waals surface area contributed by atoms with Gasteiger partial charge in [-0.25, -0.2) is 4.39 Å². The lowest BCUT2D eigenvalue weighted by Crippen LogP contribution is -2.35. The summed E-state index contributed by atoms with van der Waals surface area (Å²) in [4.78, 5) is 0. The van der Waals surface area contributed by atoms with Crippen molar-refractivity contribution in [1.82, 2.24) is 9.88 Å². The number of benzene rings is 1. The van der Waals surface area contributed by atoms with Crippen molar-refractivity contribution in [3.8, 4) is 0 Å². The summed E-state index contributed by atoms with van der Waals surface area (Å²) in [5.41, 5.74) is 2.01. The molecule has 0 saturated heterocycles. The van der Waals surface area contributed by atoms with Crippen molar-refractivity contribution in [2.24, 2.45) is 0 Å². The summed E-state index contributed by atoms with van der Waals surface area (Å²) in [6.07, 6.45) is 1.99. The van der Waals surface area contributed by atoms with Crippen LogP contribution in [0.1, 0.15) is 32.0 Å². The Bertz CT molecular complexity index is 584. The van der Waals surface area contributed by atoms with E-state index >= 15 is 0 Å². The van der Waals surface area contributed by atoms with Crippen LogP contribution in [0.5, 0.6) is 0 Å². The number of hydrogen-bond acceptors (Lipinski definition) is 1. The third-order valence-electron chi connectivity index (χ3n) is 3.10. The van der Waals surface area contributed by atoms with Gasteiger partial charge >= 0.3 is 0 Å². The molecule has 0 atom stereocenters. The van der Waals surface area contributed by atoms with Crippen LogP contribution in [-0.2, 0) is 13.1 Å². The largest absolute Gasteiger partial charge is 0.346 e. The van der Waals surface area contributed by atoms with E-state index in [0.29, 0.717) is 6.54 Å². The van der Waals surface area contributed by atoms with Gasteiger partial charge < -0.3 is 9.88 Å². The highest BCUT2D eigenvalue weighted by Gasteiger charge is 2.11. The molecular formula is C16H20ClFN2. The second kappa shape index (κ2) is 5.98. The molecule has 0 fully saturated rings. The smallest absolute Gasteiger partial charge is 0.142 e. The monoisotopic (exact) mass is 294 g/mol. The average Bonchev–Trinajstić information content (AvgIpc) is 2.79. The number of halogens is 2. The molecule has 0 aliphatic heterocycles. The van der Waals surface area contributed by atoms with Crippen molar-refractivity contribution < 1.29 is 4.39 Å². The van der Waals surface area contributed by atoms with Gasteiger partial charge in [-0.15, -0.1) is 0 Å². The van der Waals surface area contributed by atoms with Gasteiger partial charge in [-0.05, 0) is 44.5 Å². The first kappa shape index (κ1) is 15.1. The van der Waals surface area contributed by atoms with Crippen LogP contribution in [-0.4, -0.2) is 10.1 Å². The Kier molecular flexibility index (Phi) is 4.51. The van der Waals surface area contributed by atoms with Gasteiger partial charge in [0.1, 0.15) is 5.82 Å². The second-order valence-electron chi connectivity index (χ2n) is 5.94. The maximum Gasteiger partial charge on any atom is 0.142 e. The first-order valence-electron chi connectivity index (χ1n) is 6.69. The standard InChI is InChI=1S/C16H20ClFN2/c1-16(2,3)19-10-13-7-5-9-20(13)11-12-6-4-8-14(18)15(12)17/h4-9,19H,10-11H2,1-3H3.